The summed E-state index contributed by atoms with van der Waals surface area (Å²) in [6, 6.07) is 5.02. The van der Waals surface area contributed by atoms with E-state index in [9.17, 15) is 9.30 Å². The molecule has 3 nitrogen and oxygen atoms in total. The third kappa shape index (κ3) is 3.46. The monoisotopic (exact) mass is 254 g/mol. The van der Waals surface area contributed by atoms with Crippen molar-refractivity contribution in [1.82, 2.24) is 0 Å². The summed E-state index contributed by atoms with van der Waals surface area (Å²) in [6.45, 7) is 1.96. The molecular formula is C15H11FN2O. The number of allylic oxidation sites excluding steroid dienone is 3. The van der Waals surface area contributed by atoms with Crippen molar-refractivity contribution in [2.45, 2.75) is 13.3 Å². The Bertz CT molecular complexity index is 673. The van der Waals surface area contributed by atoms with Gasteiger partial charge < -0.3 is 0 Å². The van der Waals surface area contributed by atoms with Gasteiger partial charge in [0.15, 0.2) is 6.47 Å². The SMILES string of the molecule is Cc1ccc(C(=C=C=CC2=CC2)/N=C\F)cc1N=O. The number of nitroso groups, excluding NO2 is 1. The Morgan fingerprint density at radius 3 is 2.89 bits per heavy atom. The molecule has 0 aliphatic heterocycles. The number of hydrogen-bond donors (Lipinski definition) is 0. The predicted molar refractivity (Wildman–Crippen MR) is 73.9 cm³/mol. The summed E-state index contributed by atoms with van der Waals surface area (Å²) in [4.78, 5) is 14.2. The summed E-state index contributed by atoms with van der Waals surface area (Å²) in [7, 11) is 0. The van der Waals surface area contributed by atoms with Crippen molar-refractivity contribution in [3.8, 4) is 0 Å². The van der Waals surface area contributed by atoms with Crippen molar-refractivity contribution in [3.05, 3.63) is 63.4 Å². The zero-order valence-corrected chi connectivity index (χ0v) is 10.4. The maximum Gasteiger partial charge on any atom is 0.176 e. The van der Waals surface area contributed by atoms with Gasteiger partial charge in [-0.25, -0.2) is 4.99 Å². The van der Waals surface area contributed by atoms with Crippen LogP contribution in [0.3, 0.4) is 0 Å². The second-order valence-electron chi connectivity index (χ2n) is 4.06. The van der Waals surface area contributed by atoms with Crippen LogP contribution in [0.15, 0.2) is 57.6 Å². The first-order valence-electron chi connectivity index (χ1n) is 5.72. The summed E-state index contributed by atoms with van der Waals surface area (Å²) >= 11 is 0. The maximum atomic E-state index is 12.3. The molecule has 1 aromatic carbocycles. The van der Waals surface area contributed by atoms with E-state index in [4.69, 9.17) is 0 Å². The van der Waals surface area contributed by atoms with E-state index in [2.05, 4.69) is 21.6 Å². The highest BCUT2D eigenvalue weighted by molar-refractivity contribution is 5.72. The van der Waals surface area contributed by atoms with E-state index >= 15 is 0 Å². The van der Waals surface area contributed by atoms with Crippen LogP contribution in [0, 0.1) is 11.8 Å². The first-order chi connectivity index (χ1) is 9.24. The van der Waals surface area contributed by atoms with E-state index in [1.54, 1.807) is 31.2 Å². The van der Waals surface area contributed by atoms with Gasteiger partial charge in [0.05, 0.1) is 0 Å². The molecule has 0 unspecified atom stereocenters. The number of aliphatic imine (C=N–C) groups is 1. The Hall–Kier alpha value is -2.54. The molecule has 0 fully saturated rings. The first-order valence-corrected chi connectivity index (χ1v) is 5.72. The summed E-state index contributed by atoms with van der Waals surface area (Å²) in [5.41, 5.74) is 8.64. The van der Waals surface area contributed by atoms with E-state index < -0.39 is 0 Å². The second kappa shape index (κ2) is 5.87. The van der Waals surface area contributed by atoms with Crippen molar-refractivity contribution in [2.24, 2.45) is 10.2 Å². The third-order valence-electron chi connectivity index (χ3n) is 2.65. The zero-order valence-electron chi connectivity index (χ0n) is 10.4. The van der Waals surface area contributed by atoms with Crippen LogP contribution in [0.25, 0.3) is 5.70 Å². The Kier molecular flexibility index (Phi) is 3.99. The Morgan fingerprint density at radius 1 is 1.47 bits per heavy atom. The summed E-state index contributed by atoms with van der Waals surface area (Å²) in [5, 5.41) is 2.92. The Balaban J connectivity index is 2.47. The van der Waals surface area contributed by atoms with E-state index in [-0.39, 0.29) is 12.2 Å². The molecule has 94 valence electrons. The second-order valence-corrected chi connectivity index (χ2v) is 4.06. The molecule has 0 amide bonds. The van der Waals surface area contributed by atoms with E-state index in [1.165, 1.54) is 0 Å². The van der Waals surface area contributed by atoms with Crippen molar-refractivity contribution in [2.75, 3.05) is 0 Å². The molecule has 2 rings (SSSR count). The molecule has 0 radical (unpaired) electrons. The lowest BCUT2D eigenvalue weighted by atomic mass is 10.1. The number of aryl methyl sites for hydroxylation is 1. The van der Waals surface area contributed by atoms with Gasteiger partial charge in [-0.15, -0.1) is 4.91 Å². The quantitative estimate of drug-likeness (QED) is 0.447. The molecule has 1 aliphatic rings. The highest BCUT2D eigenvalue weighted by Gasteiger charge is 2.04. The molecule has 0 saturated heterocycles. The molecule has 0 N–H and O–H groups in total. The molecule has 0 bridgehead atoms. The van der Waals surface area contributed by atoms with Gasteiger partial charge in [0.25, 0.3) is 0 Å². The molecule has 0 aromatic heterocycles. The largest absolute Gasteiger partial charge is 0.217 e. The minimum absolute atomic E-state index is 0.189. The van der Waals surface area contributed by atoms with Gasteiger partial charge in [-0.3, -0.25) is 0 Å². The lowest BCUT2D eigenvalue weighted by molar-refractivity contribution is 0.842. The topological polar surface area (TPSA) is 41.8 Å². The lowest BCUT2D eigenvalue weighted by Gasteiger charge is -2.01. The first kappa shape index (κ1) is 12.9. The van der Waals surface area contributed by atoms with E-state index in [0.29, 0.717) is 11.3 Å². The predicted octanol–water partition coefficient (Wildman–Crippen LogP) is 4.37. The molecule has 0 spiro atoms. The number of benzene rings is 1. The fourth-order valence-corrected chi connectivity index (χ4v) is 1.46. The van der Waals surface area contributed by atoms with Crippen molar-refractivity contribution < 1.29 is 4.39 Å². The number of hydrogen-bond acceptors (Lipinski definition) is 3. The number of halogens is 1. The van der Waals surface area contributed by atoms with Crippen molar-refractivity contribution in [1.29, 1.82) is 0 Å². The van der Waals surface area contributed by atoms with Crippen LogP contribution in [0.1, 0.15) is 17.5 Å². The molecular weight excluding hydrogens is 243 g/mol. The molecule has 0 atom stereocenters. The number of nitrogens with zero attached hydrogens (tertiary/aromatic N) is 2. The standard InChI is InChI=1S/C15H11FN2O/c1-11-5-8-13(9-15(11)18-19)14(17-10-16)4-2-3-12-6-7-12/h3,5-6,8-10H,7H2,1H3/b14-3?,17-10-. The summed E-state index contributed by atoms with van der Waals surface area (Å²) < 4.78 is 12.3. The minimum atomic E-state index is 0.189. The fourth-order valence-electron chi connectivity index (χ4n) is 1.46. The lowest BCUT2D eigenvalue weighted by Crippen LogP contribution is -1.82. The smallest absolute Gasteiger partial charge is 0.176 e. The van der Waals surface area contributed by atoms with Crippen LogP contribution in [0.4, 0.5) is 10.1 Å². The summed E-state index contributed by atoms with van der Waals surface area (Å²) in [5.74, 6) is 0. The van der Waals surface area contributed by atoms with Gasteiger partial charge in [0.1, 0.15) is 11.4 Å². The van der Waals surface area contributed by atoms with Gasteiger partial charge in [-0.05, 0) is 47.5 Å². The maximum absolute atomic E-state index is 12.3. The van der Waals surface area contributed by atoms with E-state index in [1.807, 2.05) is 6.08 Å². The van der Waals surface area contributed by atoms with Crippen LogP contribution in [0.5, 0.6) is 0 Å². The normalized spacial score (nSPS) is 12.4. The van der Waals surface area contributed by atoms with Crippen LogP contribution in [0.2, 0.25) is 0 Å². The van der Waals surface area contributed by atoms with Gasteiger partial charge in [0.2, 0.25) is 0 Å². The molecule has 1 aromatic rings. The minimum Gasteiger partial charge on any atom is -0.217 e. The van der Waals surface area contributed by atoms with Crippen LogP contribution in [-0.2, 0) is 0 Å². The molecule has 4 heteroatoms. The van der Waals surface area contributed by atoms with Crippen LogP contribution < -0.4 is 0 Å². The number of rotatable bonds is 4. The molecule has 1 aliphatic carbocycles. The van der Waals surface area contributed by atoms with Crippen molar-refractivity contribution >= 4 is 17.9 Å². The highest BCUT2D eigenvalue weighted by atomic mass is 19.1. The van der Waals surface area contributed by atoms with Gasteiger partial charge >= 0.3 is 0 Å². The molecule has 0 saturated carbocycles. The Labute approximate surface area is 110 Å². The van der Waals surface area contributed by atoms with Gasteiger partial charge in [-0.2, -0.15) is 4.39 Å². The van der Waals surface area contributed by atoms with Crippen molar-refractivity contribution in [3.63, 3.8) is 0 Å². The Morgan fingerprint density at radius 2 is 2.26 bits per heavy atom. The molecule has 0 heterocycles. The fraction of sp³-hybridized carbons (Fsp3) is 0.133. The zero-order chi connectivity index (χ0) is 13.7. The average molecular weight is 254 g/mol. The van der Waals surface area contributed by atoms with Gasteiger partial charge in [0, 0.05) is 5.56 Å². The highest BCUT2D eigenvalue weighted by Crippen LogP contribution is 2.24. The third-order valence-corrected chi connectivity index (χ3v) is 2.65. The average Bonchev–Trinajstić information content (AvgIpc) is 3.22. The van der Waals surface area contributed by atoms with E-state index in [0.717, 1.165) is 17.6 Å². The van der Waals surface area contributed by atoms with Crippen LogP contribution in [-0.4, -0.2) is 6.47 Å². The summed E-state index contributed by atoms with van der Waals surface area (Å²) in [6.07, 6.45) is 4.76. The van der Waals surface area contributed by atoms with Crippen LogP contribution >= 0.6 is 0 Å². The molecule has 19 heavy (non-hydrogen) atoms. The van der Waals surface area contributed by atoms with Gasteiger partial charge in [-0.1, -0.05) is 23.9 Å².